The quantitative estimate of drug-likeness (QED) is 0.830. The lowest BCUT2D eigenvalue weighted by atomic mass is 9.99. The van der Waals surface area contributed by atoms with E-state index in [1.54, 1.807) is 9.58 Å². The molecule has 2 amide bonds. The number of nitrogens with one attached hydrogen (secondary N) is 1. The molecule has 19 heavy (non-hydrogen) atoms. The average molecular weight is 266 g/mol. The first kappa shape index (κ1) is 13.4. The minimum Gasteiger partial charge on any atom is -0.481 e. The Balaban J connectivity index is 1.84. The summed E-state index contributed by atoms with van der Waals surface area (Å²) in [5.74, 6) is -1.28. The second-order valence-electron chi connectivity index (χ2n) is 4.76. The Labute approximate surface area is 111 Å². The third-order valence-corrected chi connectivity index (χ3v) is 3.25. The molecule has 0 spiro atoms. The number of carbonyl (C=O) groups is 2. The summed E-state index contributed by atoms with van der Waals surface area (Å²) in [6.45, 7) is 1.25. The summed E-state index contributed by atoms with van der Waals surface area (Å²) < 4.78 is 1.67. The second-order valence-corrected chi connectivity index (χ2v) is 4.76. The van der Waals surface area contributed by atoms with Gasteiger partial charge in [-0.3, -0.25) is 9.48 Å². The number of hydrogen-bond donors (Lipinski definition) is 2. The van der Waals surface area contributed by atoms with Crippen molar-refractivity contribution in [3.8, 4) is 0 Å². The highest BCUT2D eigenvalue weighted by molar-refractivity contribution is 5.76. The highest BCUT2D eigenvalue weighted by Gasteiger charge is 2.27. The van der Waals surface area contributed by atoms with Crippen LogP contribution in [0.15, 0.2) is 12.3 Å². The number of rotatable bonds is 3. The molecule has 0 bridgehead atoms. The fraction of sp³-hybridized carbons (Fsp3) is 0.583. The lowest BCUT2D eigenvalue weighted by Gasteiger charge is -2.30. The minimum absolute atomic E-state index is 0.225. The highest BCUT2D eigenvalue weighted by Crippen LogP contribution is 2.16. The molecule has 1 aliphatic heterocycles. The zero-order valence-electron chi connectivity index (χ0n) is 10.9. The van der Waals surface area contributed by atoms with Crippen molar-refractivity contribution >= 4 is 12.0 Å². The Morgan fingerprint density at radius 3 is 3.00 bits per heavy atom. The maximum Gasteiger partial charge on any atom is 0.317 e. The van der Waals surface area contributed by atoms with Crippen LogP contribution in [0.4, 0.5) is 4.79 Å². The Bertz CT molecular complexity index is 471. The molecule has 1 saturated heterocycles. The van der Waals surface area contributed by atoms with E-state index in [0.29, 0.717) is 19.5 Å². The van der Waals surface area contributed by atoms with Crippen molar-refractivity contribution in [1.29, 1.82) is 0 Å². The van der Waals surface area contributed by atoms with Crippen molar-refractivity contribution in [1.82, 2.24) is 20.0 Å². The van der Waals surface area contributed by atoms with Gasteiger partial charge in [-0.2, -0.15) is 5.10 Å². The molecule has 2 rings (SSSR count). The van der Waals surface area contributed by atoms with E-state index in [9.17, 15) is 9.59 Å². The molecule has 104 valence electrons. The molecule has 1 aromatic rings. The van der Waals surface area contributed by atoms with Gasteiger partial charge in [0.15, 0.2) is 0 Å². The summed E-state index contributed by atoms with van der Waals surface area (Å²) in [5.41, 5.74) is 0.780. The molecule has 2 N–H and O–H groups in total. The molecule has 1 fully saturated rings. The van der Waals surface area contributed by atoms with Crippen LogP contribution in [-0.2, 0) is 18.4 Å². The number of carboxylic acid groups (broad SMARTS) is 1. The molecule has 0 aromatic carbocycles. The number of carboxylic acids is 1. The molecule has 7 nitrogen and oxygen atoms in total. The lowest BCUT2D eigenvalue weighted by molar-refractivity contribution is -0.143. The Morgan fingerprint density at radius 1 is 1.58 bits per heavy atom. The van der Waals surface area contributed by atoms with Gasteiger partial charge in [0, 0.05) is 26.3 Å². The standard InChI is InChI=1S/C12H18N4O3/c1-15-6-4-10(14-15)7-13-12(19)16-5-2-3-9(8-16)11(17)18/h4,6,9H,2-3,5,7-8H2,1H3,(H,13,19)(H,17,18). The Kier molecular flexibility index (Phi) is 4.03. The fourth-order valence-electron chi connectivity index (χ4n) is 2.20. The van der Waals surface area contributed by atoms with E-state index in [0.717, 1.165) is 12.1 Å². The predicted octanol–water partition coefficient (Wildman–Crippen LogP) is 0.426. The maximum absolute atomic E-state index is 11.9. The fourth-order valence-corrected chi connectivity index (χ4v) is 2.20. The zero-order chi connectivity index (χ0) is 13.8. The number of carbonyl (C=O) groups excluding carboxylic acids is 1. The van der Waals surface area contributed by atoms with Crippen LogP contribution in [-0.4, -0.2) is 44.9 Å². The zero-order valence-corrected chi connectivity index (χ0v) is 10.9. The van der Waals surface area contributed by atoms with Crippen LogP contribution in [0.3, 0.4) is 0 Å². The number of amides is 2. The molecule has 1 atom stereocenters. The number of aryl methyl sites for hydroxylation is 1. The second kappa shape index (κ2) is 5.73. The number of nitrogens with zero attached hydrogens (tertiary/aromatic N) is 3. The van der Waals surface area contributed by atoms with E-state index >= 15 is 0 Å². The summed E-state index contributed by atoms with van der Waals surface area (Å²) in [5, 5.41) is 15.9. The van der Waals surface area contributed by atoms with Gasteiger partial charge in [-0.15, -0.1) is 0 Å². The minimum atomic E-state index is -0.831. The van der Waals surface area contributed by atoms with Gasteiger partial charge in [0.05, 0.1) is 18.2 Å². The smallest absolute Gasteiger partial charge is 0.317 e. The van der Waals surface area contributed by atoms with E-state index in [1.807, 2.05) is 19.3 Å². The van der Waals surface area contributed by atoms with Crippen molar-refractivity contribution in [2.75, 3.05) is 13.1 Å². The monoisotopic (exact) mass is 266 g/mol. The number of piperidine rings is 1. The largest absolute Gasteiger partial charge is 0.481 e. The maximum atomic E-state index is 11.9. The third-order valence-electron chi connectivity index (χ3n) is 3.25. The van der Waals surface area contributed by atoms with Crippen molar-refractivity contribution in [3.63, 3.8) is 0 Å². The van der Waals surface area contributed by atoms with Crippen LogP contribution >= 0.6 is 0 Å². The average Bonchev–Trinajstić information content (AvgIpc) is 2.82. The normalized spacial score (nSPS) is 19.2. The van der Waals surface area contributed by atoms with Gasteiger partial charge in [0.25, 0.3) is 0 Å². The number of aromatic nitrogens is 2. The van der Waals surface area contributed by atoms with Gasteiger partial charge < -0.3 is 15.3 Å². The molecule has 0 aliphatic carbocycles. The molecule has 0 saturated carbocycles. The highest BCUT2D eigenvalue weighted by atomic mass is 16.4. The SMILES string of the molecule is Cn1ccc(CNC(=O)N2CCCC(C(=O)O)C2)n1. The van der Waals surface area contributed by atoms with Gasteiger partial charge in [-0.05, 0) is 18.9 Å². The van der Waals surface area contributed by atoms with Crippen LogP contribution in [0, 0.1) is 5.92 Å². The van der Waals surface area contributed by atoms with Crippen molar-refractivity contribution in [3.05, 3.63) is 18.0 Å². The van der Waals surface area contributed by atoms with E-state index in [1.165, 1.54) is 0 Å². The van der Waals surface area contributed by atoms with E-state index in [4.69, 9.17) is 5.11 Å². The molecule has 1 aliphatic rings. The molecule has 1 unspecified atom stereocenters. The van der Waals surface area contributed by atoms with Gasteiger partial charge in [0.1, 0.15) is 0 Å². The number of aliphatic carboxylic acids is 1. The van der Waals surface area contributed by atoms with Crippen LogP contribution < -0.4 is 5.32 Å². The first-order chi connectivity index (χ1) is 9.06. The van der Waals surface area contributed by atoms with Gasteiger partial charge in [-0.1, -0.05) is 0 Å². The first-order valence-corrected chi connectivity index (χ1v) is 6.30. The van der Waals surface area contributed by atoms with E-state index in [-0.39, 0.29) is 12.6 Å². The molecular weight excluding hydrogens is 248 g/mol. The van der Waals surface area contributed by atoms with Gasteiger partial charge >= 0.3 is 12.0 Å². The van der Waals surface area contributed by atoms with Crippen LogP contribution in [0.2, 0.25) is 0 Å². The van der Waals surface area contributed by atoms with Gasteiger partial charge in [-0.25, -0.2) is 4.79 Å². The van der Waals surface area contributed by atoms with Crippen LogP contribution in [0.1, 0.15) is 18.5 Å². The van der Waals surface area contributed by atoms with E-state index < -0.39 is 11.9 Å². The molecule has 7 heteroatoms. The van der Waals surface area contributed by atoms with Crippen LogP contribution in [0.25, 0.3) is 0 Å². The summed E-state index contributed by atoms with van der Waals surface area (Å²) in [7, 11) is 1.81. The number of urea groups is 1. The van der Waals surface area contributed by atoms with Crippen molar-refractivity contribution < 1.29 is 14.7 Å². The van der Waals surface area contributed by atoms with Crippen molar-refractivity contribution in [2.45, 2.75) is 19.4 Å². The van der Waals surface area contributed by atoms with Crippen molar-refractivity contribution in [2.24, 2.45) is 13.0 Å². The lowest BCUT2D eigenvalue weighted by Crippen LogP contribution is -2.46. The van der Waals surface area contributed by atoms with E-state index in [2.05, 4.69) is 10.4 Å². The molecular formula is C12H18N4O3. The summed E-state index contributed by atoms with van der Waals surface area (Å²) in [6, 6.07) is 1.60. The summed E-state index contributed by atoms with van der Waals surface area (Å²) in [4.78, 5) is 24.4. The summed E-state index contributed by atoms with van der Waals surface area (Å²) >= 11 is 0. The first-order valence-electron chi connectivity index (χ1n) is 6.30. The number of hydrogen-bond acceptors (Lipinski definition) is 3. The van der Waals surface area contributed by atoms with Crippen LogP contribution in [0.5, 0.6) is 0 Å². The summed E-state index contributed by atoms with van der Waals surface area (Å²) in [6.07, 6.45) is 3.18. The third kappa shape index (κ3) is 3.46. The molecule has 1 aromatic heterocycles. The predicted molar refractivity (Wildman–Crippen MR) is 67.4 cm³/mol. The number of likely N-dealkylation sites (tertiary alicyclic amines) is 1. The topological polar surface area (TPSA) is 87.5 Å². The Hall–Kier alpha value is -2.05. The van der Waals surface area contributed by atoms with Gasteiger partial charge in [0.2, 0.25) is 0 Å². The Morgan fingerprint density at radius 2 is 2.37 bits per heavy atom. The molecule has 2 heterocycles. The molecule has 0 radical (unpaired) electrons.